The number of hydrogen-bond donors (Lipinski definition) is 1. The monoisotopic (exact) mass is 249 g/mol. The number of halogens is 1. The number of ether oxygens (including phenoxy) is 1. The first-order chi connectivity index (χ1) is 8.76. The van der Waals surface area contributed by atoms with Gasteiger partial charge in [-0.25, -0.2) is 4.39 Å². The van der Waals surface area contributed by atoms with Crippen LogP contribution in [0.25, 0.3) is 0 Å². The van der Waals surface area contributed by atoms with E-state index in [-0.39, 0.29) is 6.61 Å². The second-order valence-electron chi connectivity index (χ2n) is 4.33. The lowest BCUT2D eigenvalue weighted by Crippen LogP contribution is -2.22. The van der Waals surface area contributed by atoms with E-state index in [4.69, 9.17) is 11.2 Å². The van der Waals surface area contributed by atoms with Gasteiger partial charge in [-0.05, 0) is 36.6 Å². The molecule has 1 aromatic carbocycles. The molecule has 0 aromatic heterocycles. The smallest absolute Gasteiger partial charge is 0.123 e. The number of terminal acetylenes is 1. The van der Waals surface area contributed by atoms with Gasteiger partial charge in [0.05, 0.1) is 6.54 Å². The Kier molecular flexibility index (Phi) is 6.90. The van der Waals surface area contributed by atoms with Crippen molar-refractivity contribution in [3.63, 3.8) is 0 Å². The molecule has 0 bridgehead atoms. The molecular weight excluding hydrogens is 229 g/mol. The predicted molar refractivity (Wildman–Crippen MR) is 72.5 cm³/mol. The first kappa shape index (κ1) is 14.5. The summed E-state index contributed by atoms with van der Waals surface area (Å²) in [4.78, 5) is 0. The molecule has 98 valence electrons. The molecule has 1 atom stereocenters. The molecule has 0 spiro atoms. The van der Waals surface area contributed by atoms with E-state index in [1.807, 2.05) is 24.3 Å². The lowest BCUT2D eigenvalue weighted by Gasteiger charge is -2.12. The van der Waals surface area contributed by atoms with Crippen LogP contribution in [0.4, 0.5) is 4.39 Å². The first-order valence-electron chi connectivity index (χ1n) is 6.18. The van der Waals surface area contributed by atoms with Gasteiger partial charge in [-0.3, -0.25) is 0 Å². The lowest BCUT2D eigenvalue weighted by atomic mass is 10.0. The largest absolute Gasteiger partial charge is 0.491 e. The summed E-state index contributed by atoms with van der Waals surface area (Å²) in [5.74, 6) is 3.80. The molecule has 1 unspecified atom stereocenters. The molecular formula is C15H20FNO. The van der Waals surface area contributed by atoms with Crippen LogP contribution in [0, 0.1) is 18.3 Å². The highest BCUT2D eigenvalue weighted by Gasteiger charge is 2.03. The second kappa shape index (κ2) is 8.54. The quantitative estimate of drug-likeness (QED) is 0.564. The van der Waals surface area contributed by atoms with Crippen molar-refractivity contribution in [3.05, 3.63) is 29.8 Å². The molecule has 1 N–H and O–H groups in total. The van der Waals surface area contributed by atoms with E-state index < -0.39 is 6.67 Å². The third kappa shape index (κ3) is 5.70. The third-order valence-corrected chi connectivity index (χ3v) is 2.57. The van der Waals surface area contributed by atoms with Crippen LogP contribution >= 0.6 is 0 Å². The van der Waals surface area contributed by atoms with Crippen LogP contribution < -0.4 is 10.1 Å². The Morgan fingerprint density at radius 1 is 1.39 bits per heavy atom. The van der Waals surface area contributed by atoms with Crippen LogP contribution in [0.2, 0.25) is 0 Å². The number of nitrogens with one attached hydrogen (secondary N) is 1. The Balaban J connectivity index is 2.36. The Hall–Kier alpha value is -1.53. The highest BCUT2D eigenvalue weighted by atomic mass is 19.1. The molecule has 1 aromatic rings. The fourth-order valence-corrected chi connectivity index (χ4v) is 1.74. The molecule has 0 aliphatic carbocycles. The minimum atomic E-state index is -0.459. The van der Waals surface area contributed by atoms with Crippen molar-refractivity contribution in [2.24, 2.45) is 5.92 Å². The molecule has 0 saturated heterocycles. The molecule has 1 rings (SSSR count). The Morgan fingerprint density at radius 3 is 2.72 bits per heavy atom. The molecule has 0 fully saturated rings. The Labute approximate surface area is 109 Å². The maximum Gasteiger partial charge on any atom is 0.123 e. The van der Waals surface area contributed by atoms with E-state index in [9.17, 15) is 4.39 Å². The summed E-state index contributed by atoms with van der Waals surface area (Å²) < 4.78 is 17.1. The second-order valence-corrected chi connectivity index (χ2v) is 4.33. The molecule has 0 aliphatic heterocycles. The fourth-order valence-electron chi connectivity index (χ4n) is 1.74. The van der Waals surface area contributed by atoms with Gasteiger partial charge in [0.1, 0.15) is 19.0 Å². The van der Waals surface area contributed by atoms with Gasteiger partial charge in [-0.2, -0.15) is 0 Å². The van der Waals surface area contributed by atoms with Gasteiger partial charge in [-0.1, -0.05) is 25.0 Å². The van der Waals surface area contributed by atoms with E-state index in [0.29, 0.717) is 12.5 Å². The zero-order valence-electron chi connectivity index (χ0n) is 10.8. The molecule has 2 nitrogen and oxygen atoms in total. The maximum atomic E-state index is 11.9. The summed E-state index contributed by atoms with van der Waals surface area (Å²) in [6.07, 6.45) is 6.16. The normalized spacial score (nSPS) is 11.8. The van der Waals surface area contributed by atoms with Crippen LogP contribution in [0.3, 0.4) is 0 Å². The number of alkyl halides is 1. The van der Waals surface area contributed by atoms with Gasteiger partial charge in [-0.15, -0.1) is 6.42 Å². The van der Waals surface area contributed by atoms with Crippen LogP contribution in [-0.2, 0) is 6.42 Å². The molecule has 0 saturated carbocycles. The molecule has 0 heterocycles. The zero-order valence-corrected chi connectivity index (χ0v) is 10.8. The van der Waals surface area contributed by atoms with Crippen LogP contribution in [0.5, 0.6) is 5.75 Å². The van der Waals surface area contributed by atoms with Crippen molar-refractivity contribution < 1.29 is 9.13 Å². The minimum Gasteiger partial charge on any atom is -0.491 e. The summed E-state index contributed by atoms with van der Waals surface area (Å²) in [6.45, 7) is 3.35. The van der Waals surface area contributed by atoms with E-state index >= 15 is 0 Å². The fraction of sp³-hybridized carbons (Fsp3) is 0.467. The van der Waals surface area contributed by atoms with Gasteiger partial charge in [0, 0.05) is 0 Å². The van der Waals surface area contributed by atoms with E-state index in [1.54, 1.807) is 0 Å². The van der Waals surface area contributed by atoms with Crippen molar-refractivity contribution in [3.8, 4) is 18.1 Å². The van der Waals surface area contributed by atoms with Crippen LogP contribution in [0.1, 0.15) is 12.5 Å². The molecule has 3 heteroatoms. The van der Waals surface area contributed by atoms with E-state index in [0.717, 1.165) is 18.7 Å². The van der Waals surface area contributed by atoms with Gasteiger partial charge in [0.25, 0.3) is 0 Å². The standard InChI is InChI=1S/C15H20FNO/c1-3-9-17-12-13(2)11-14-4-6-15(7-5-14)18-10-8-16/h1,4-7,13,17H,8-12H2,2H3. The molecule has 0 amide bonds. The van der Waals surface area contributed by atoms with Crippen molar-refractivity contribution >= 4 is 0 Å². The summed E-state index contributed by atoms with van der Waals surface area (Å²) in [7, 11) is 0. The van der Waals surface area contributed by atoms with E-state index in [2.05, 4.69) is 18.2 Å². The van der Waals surface area contributed by atoms with Gasteiger partial charge in [0.15, 0.2) is 0 Å². The number of hydrogen-bond acceptors (Lipinski definition) is 2. The summed E-state index contributed by atoms with van der Waals surface area (Å²) in [5, 5.41) is 3.19. The number of benzene rings is 1. The van der Waals surface area contributed by atoms with Crippen LogP contribution in [0.15, 0.2) is 24.3 Å². The highest BCUT2D eigenvalue weighted by molar-refractivity contribution is 5.27. The minimum absolute atomic E-state index is 0.117. The SMILES string of the molecule is C#CCNCC(C)Cc1ccc(OCCF)cc1. The van der Waals surface area contributed by atoms with Gasteiger partial charge >= 0.3 is 0 Å². The van der Waals surface area contributed by atoms with Crippen molar-refractivity contribution in [1.29, 1.82) is 0 Å². The topological polar surface area (TPSA) is 21.3 Å². The summed E-state index contributed by atoms with van der Waals surface area (Å²) in [5.41, 5.74) is 1.25. The van der Waals surface area contributed by atoms with Crippen molar-refractivity contribution in [2.75, 3.05) is 26.4 Å². The average molecular weight is 249 g/mol. The van der Waals surface area contributed by atoms with Crippen molar-refractivity contribution in [2.45, 2.75) is 13.3 Å². The highest BCUT2D eigenvalue weighted by Crippen LogP contribution is 2.14. The third-order valence-electron chi connectivity index (χ3n) is 2.57. The first-order valence-corrected chi connectivity index (χ1v) is 6.18. The van der Waals surface area contributed by atoms with E-state index in [1.165, 1.54) is 5.56 Å². The summed E-state index contributed by atoms with van der Waals surface area (Å²) in [6, 6.07) is 7.80. The lowest BCUT2D eigenvalue weighted by molar-refractivity contribution is 0.273. The molecule has 0 aliphatic rings. The van der Waals surface area contributed by atoms with Crippen molar-refractivity contribution in [1.82, 2.24) is 5.32 Å². The predicted octanol–water partition coefficient (Wildman–Crippen LogP) is 2.44. The number of rotatable bonds is 8. The Bertz CT molecular complexity index is 369. The molecule has 0 radical (unpaired) electrons. The van der Waals surface area contributed by atoms with Crippen LogP contribution in [-0.4, -0.2) is 26.4 Å². The maximum absolute atomic E-state index is 11.9. The summed E-state index contributed by atoms with van der Waals surface area (Å²) >= 11 is 0. The van der Waals surface area contributed by atoms with Gasteiger partial charge < -0.3 is 10.1 Å². The molecule has 18 heavy (non-hydrogen) atoms. The Morgan fingerprint density at radius 2 is 2.11 bits per heavy atom. The van der Waals surface area contributed by atoms with Gasteiger partial charge in [0.2, 0.25) is 0 Å². The zero-order chi connectivity index (χ0) is 13.2. The average Bonchev–Trinajstić information content (AvgIpc) is 2.38.